The summed E-state index contributed by atoms with van der Waals surface area (Å²) in [5.41, 5.74) is -2.95. The van der Waals surface area contributed by atoms with Gasteiger partial charge in [0.25, 0.3) is 0 Å². The van der Waals surface area contributed by atoms with Crippen molar-refractivity contribution in [3.8, 4) is 5.75 Å². The number of pyridine rings is 1. The normalized spacial score (nSPS) is 12.2. The van der Waals surface area contributed by atoms with Gasteiger partial charge in [0.1, 0.15) is 0 Å². The number of methoxy groups -OCH3 is 1. The van der Waals surface area contributed by atoms with Gasteiger partial charge in [0, 0.05) is 5.56 Å². The fourth-order valence-electron chi connectivity index (χ4n) is 1.49. The van der Waals surface area contributed by atoms with Gasteiger partial charge in [-0.2, -0.15) is 13.2 Å². The minimum Gasteiger partial charge on any atom is -0.469 e. The van der Waals surface area contributed by atoms with Crippen molar-refractivity contribution < 1.29 is 40.6 Å². The highest BCUT2D eigenvalue weighted by Crippen LogP contribution is 2.40. The fourth-order valence-corrected chi connectivity index (χ4v) is 1.63. The minimum absolute atomic E-state index is 0.359. The first kappa shape index (κ1) is 18.3. The maximum Gasteiger partial charge on any atom is 0.573 e. The lowest BCUT2D eigenvalue weighted by Gasteiger charge is -2.18. The standard InChI is InChI=1S/C11H8ClF6NO3/c1-21-7(20)3-5-2-6(4-12)19-9(10(13,14)15)8(5)22-11(16,17)18/h2H,3-4H2,1H3. The quantitative estimate of drug-likeness (QED) is 0.473. The molecule has 1 aromatic rings. The molecule has 0 saturated heterocycles. The zero-order chi connectivity index (χ0) is 17.1. The first-order valence-electron chi connectivity index (χ1n) is 5.46. The van der Waals surface area contributed by atoms with Gasteiger partial charge in [0.2, 0.25) is 0 Å². The van der Waals surface area contributed by atoms with Crippen molar-refractivity contribution >= 4 is 17.6 Å². The summed E-state index contributed by atoms with van der Waals surface area (Å²) in [4.78, 5) is 14.2. The molecule has 0 aromatic carbocycles. The van der Waals surface area contributed by atoms with E-state index in [0.29, 0.717) is 0 Å². The van der Waals surface area contributed by atoms with Crippen molar-refractivity contribution in [3.05, 3.63) is 23.0 Å². The molecule has 22 heavy (non-hydrogen) atoms. The molecule has 0 fully saturated rings. The molecule has 0 aliphatic rings. The zero-order valence-electron chi connectivity index (χ0n) is 10.8. The third kappa shape index (κ3) is 4.93. The van der Waals surface area contributed by atoms with E-state index in [-0.39, 0.29) is 5.69 Å². The van der Waals surface area contributed by atoms with Gasteiger partial charge in [0.15, 0.2) is 11.4 Å². The van der Waals surface area contributed by atoms with Crippen molar-refractivity contribution in [1.82, 2.24) is 4.98 Å². The van der Waals surface area contributed by atoms with Gasteiger partial charge in [-0.15, -0.1) is 24.8 Å². The van der Waals surface area contributed by atoms with Crippen LogP contribution < -0.4 is 4.74 Å². The van der Waals surface area contributed by atoms with E-state index in [0.717, 1.165) is 13.2 Å². The second-order valence-corrected chi connectivity index (χ2v) is 4.15. The summed E-state index contributed by atoms with van der Waals surface area (Å²) >= 11 is 5.37. The lowest BCUT2D eigenvalue weighted by Crippen LogP contribution is -2.23. The molecule has 0 aliphatic heterocycles. The van der Waals surface area contributed by atoms with Crippen LogP contribution in [0, 0.1) is 0 Å². The van der Waals surface area contributed by atoms with Crippen LogP contribution in [-0.2, 0) is 28.0 Å². The number of nitrogens with zero attached hydrogens (tertiary/aromatic N) is 1. The van der Waals surface area contributed by atoms with Crippen molar-refractivity contribution in [3.63, 3.8) is 0 Å². The molecule has 0 saturated carbocycles. The van der Waals surface area contributed by atoms with Crippen LogP contribution in [0.2, 0.25) is 0 Å². The molecule has 1 heterocycles. The highest BCUT2D eigenvalue weighted by molar-refractivity contribution is 6.16. The highest BCUT2D eigenvalue weighted by atomic mass is 35.5. The highest BCUT2D eigenvalue weighted by Gasteiger charge is 2.42. The second kappa shape index (κ2) is 6.59. The Bertz CT molecular complexity index is 558. The molecule has 1 rings (SSSR count). The monoisotopic (exact) mass is 351 g/mol. The lowest BCUT2D eigenvalue weighted by molar-refractivity contribution is -0.276. The summed E-state index contributed by atoms with van der Waals surface area (Å²) in [6.07, 6.45) is -11.5. The Morgan fingerprint density at radius 3 is 2.27 bits per heavy atom. The molecular weight excluding hydrogens is 344 g/mol. The molecule has 0 unspecified atom stereocenters. The molecule has 4 nitrogen and oxygen atoms in total. The summed E-state index contributed by atoms with van der Waals surface area (Å²) in [6.45, 7) is 0. The average molecular weight is 352 g/mol. The van der Waals surface area contributed by atoms with Crippen LogP contribution >= 0.6 is 11.6 Å². The predicted octanol–water partition coefficient (Wildman–Crippen LogP) is 3.45. The lowest BCUT2D eigenvalue weighted by atomic mass is 10.1. The van der Waals surface area contributed by atoms with E-state index in [1.165, 1.54) is 0 Å². The maximum absolute atomic E-state index is 12.9. The minimum atomic E-state index is -5.39. The molecule has 0 spiro atoms. The molecule has 11 heteroatoms. The number of carbonyl (C=O) groups excluding carboxylic acids is 1. The van der Waals surface area contributed by atoms with Crippen molar-refractivity contribution in [2.24, 2.45) is 0 Å². The van der Waals surface area contributed by atoms with Crippen molar-refractivity contribution in [2.45, 2.75) is 24.8 Å². The van der Waals surface area contributed by atoms with Gasteiger partial charge in [0.05, 0.1) is 25.1 Å². The summed E-state index contributed by atoms with van der Waals surface area (Å²) in [5, 5.41) is 0. The number of carbonyl (C=O) groups is 1. The number of hydrogen-bond donors (Lipinski definition) is 0. The molecule has 0 amide bonds. The Labute approximate surface area is 125 Å². The van der Waals surface area contributed by atoms with E-state index in [4.69, 9.17) is 11.6 Å². The van der Waals surface area contributed by atoms with Crippen LogP contribution in [0.3, 0.4) is 0 Å². The maximum atomic E-state index is 12.9. The number of aromatic nitrogens is 1. The van der Waals surface area contributed by atoms with Crippen LogP contribution in [0.1, 0.15) is 17.0 Å². The van der Waals surface area contributed by atoms with Gasteiger partial charge in [-0.05, 0) is 6.07 Å². The zero-order valence-corrected chi connectivity index (χ0v) is 11.6. The average Bonchev–Trinajstić information content (AvgIpc) is 2.37. The van der Waals surface area contributed by atoms with Crippen LogP contribution in [0.25, 0.3) is 0 Å². The van der Waals surface area contributed by atoms with Crippen LogP contribution in [-0.4, -0.2) is 24.4 Å². The van der Waals surface area contributed by atoms with Crippen LogP contribution in [0.15, 0.2) is 6.07 Å². The summed E-state index contributed by atoms with van der Waals surface area (Å²) in [7, 11) is 0.931. The van der Waals surface area contributed by atoms with E-state index in [1.807, 2.05) is 0 Å². The Morgan fingerprint density at radius 1 is 1.27 bits per heavy atom. The third-order valence-corrected chi connectivity index (χ3v) is 2.56. The number of hydrogen-bond acceptors (Lipinski definition) is 4. The smallest absolute Gasteiger partial charge is 0.469 e. The van der Waals surface area contributed by atoms with Crippen LogP contribution in [0.5, 0.6) is 5.75 Å². The third-order valence-electron chi connectivity index (χ3n) is 2.29. The van der Waals surface area contributed by atoms with E-state index < -0.39 is 47.8 Å². The molecular formula is C11H8ClF6NO3. The summed E-state index contributed by atoms with van der Waals surface area (Å²) in [5.74, 6) is -3.14. The summed E-state index contributed by atoms with van der Waals surface area (Å²) in [6, 6.07) is 0.820. The Balaban J connectivity index is 3.52. The van der Waals surface area contributed by atoms with Gasteiger partial charge in [-0.1, -0.05) is 0 Å². The number of ether oxygens (including phenoxy) is 2. The van der Waals surface area contributed by atoms with E-state index in [9.17, 15) is 31.1 Å². The van der Waals surface area contributed by atoms with Crippen LogP contribution in [0.4, 0.5) is 26.3 Å². The Kier molecular flexibility index (Phi) is 5.49. The molecule has 0 aliphatic carbocycles. The first-order valence-corrected chi connectivity index (χ1v) is 6.00. The van der Waals surface area contributed by atoms with Crippen molar-refractivity contribution in [1.29, 1.82) is 0 Å². The molecule has 0 bridgehead atoms. The predicted molar refractivity (Wildman–Crippen MR) is 61.2 cm³/mol. The fraction of sp³-hybridized carbons (Fsp3) is 0.455. The number of esters is 1. The van der Waals surface area contributed by atoms with Gasteiger partial charge in [-0.3, -0.25) is 4.79 Å². The molecule has 124 valence electrons. The Morgan fingerprint density at radius 2 is 1.86 bits per heavy atom. The molecule has 0 radical (unpaired) electrons. The number of halogens is 7. The van der Waals surface area contributed by atoms with Gasteiger partial charge in [-0.25, -0.2) is 4.98 Å². The largest absolute Gasteiger partial charge is 0.573 e. The van der Waals surface area contributed by atoms with Crippen molar-refractivity contribution in [2.75, 3.05) is 7.11 Å². The Hall–Kier alpha value is -1.71. The SMILES string of the molecule is COC(=O)Cc1cc(CCl)nc(C(F)(F)F)c1OC(F)(F)F. The number of rotatable bonds is 4. The van der Waals surface area contributed by atoms with E-state index in [1.54, 1.807) is 0 Å². The van der Waals surface area contributed by atoms with E-state index >= 15 is 0 Å². The molecule has 1 aromatic heterocycles. The summed E-state index contributed by atoms with van der Waals surface area (Å²) < 4.78 is 83.2. The molecule has 0 atom stereocenters. The second-order valence-electron chi connectivity index (χ2n) is 3.88. The number of alkyl halides is 7. The van der Waals surface area contributed by atoms with Gasteiger partial charge < -0.3 is 9.47 Å². The first-order chi connectivity index (χ1) is 9.97. The molecule has 0 N–H and O–H groups in total. The topological polar surface area (TPSA) is 48.4 Å². The van der Waals surface area contributed by atoms with Gasteiger partial charge >= 0.3 is 18.5 Å². The van der Waals surface area contributed by atoms with E-state index in [2.05, 4.69) is 14.5 Å².